The Morgan fingerprint density at radius 1 is 1.33 bits per heavy atom. The van der Waals surface area contributed by atoms with Gasteiger partial charge in [0.05, 0.1) is 32.0 Å². The predicted octanol–water partition coefficient (Wildman–Crippen LogP) is 2.33. The second-order valence-electron chi connectivity index (χ2n) is 4.20. The molecule has 0 aliphatic carbocycles. The molecule has 1 aromatic rings. The monoisotopic (exact) mass is 271 g/mol. The van der Waals surface area contributed by atoms with Crippen LogP contribution >= 0.6 is 11.6 Å². The molecule has 1 aliphatic heterocycles. The Kier molecular flexibility index (Phi) is 4.32. The number of ether oxygens (including phenoxy) is 3. The molecule has 0 amide bonds. The van der Waals surface area contributed by atoms with Crippen molar-refractivity contribution >= 4 is 11.6 Å². The van der Waals surface area contributed by atoms with Crippen LogP contribution in [0.4, 0.5) is 0 Å². The molecule has 1 atom stereocenters. The van der Waals surface area contributed by atoms with Gasteiger partial charge in [-0.15, -0.1) is 0 Å². The van der Waals surface area contributed by atoms with Crippen LogP contribution in [0.15, 0.2) is 6.07 Å². The molecule has 1 heterocycles. The Morgan fingerprint density at radius 3 is 2.61 bits per heavy atom. The number of benzene rings is 1. The van der Waals surface area contributed by atoms with E-state index < -0.39 is 0 Å². The Morgan fingerprint density at radius 2 is 2.06 bits per heavy atom. The number of hydrogen-bond acceptors (Lipinski definition) is 4. The van der Waals surface area contributed by atoms with Gasteiger partial charge in [0, 0.05) is 18.7 Å². The molecule has 1 unspecified atom stereocenters. The van der Waals surface area contributed by atoms with E-state index in [4.69, 9.17) is 25.8 Å². The van der Waals surface area contributed by atoms with Crippen molar-refractivity contribution in [1.29, 1.82) is 0 Å². The summed E-state index contributed by atoms with van der Waals surface area (Å²) in [7, 11) is 3.20. The zero-order chi connectivity index (χ0) is 13.1. The predicted molar refractivity (Wildman–Crippen MR) is 70.9 cm³/mol. The summed E-state index contributed by atoms with van der Waals surface area (Å²) in [6.45, 7) is 4.37. The highest BCUT2D eigenvalue weighted by Gasteiger charge is 2.23. The second-order valence-corrected chi connectivity index (χ2v) is 4.61. The lowest BCUT2D eigenvalue weighted by atomic mass is 10.0. The largest absolute Gasteiger partial charge is 0.493 e. The van der Waals surface area contributed by atoms with Crippen LogP contribution in [0.25, 0.3) is 0 Å². The molecule has 1 N–H and O–H groups in total. The fourth-order valence-corrected chi connectivity index (χ4v) is 2.54. The molecule has 0 saturated carbocycles. The van der Waals surface area contributed by atoms with Crippen LogP contribution in [-0.4, -0.2) is 33.9 Å². The van der Waals surface area contributed by atoms with Crippen LogP contribution < -0.4 is 14.8 Å². The first-order valence-corrected chi connectivity index (χ1v) is 6.30. The van der Waals surface area contributed by atoms with Gasteiger partial charge in [-0.1, -0.05) is 11.6 Å². The Bertz CT molecular complexity index is 431. The number of nitrogens with one attached hydrogen (secondary N) is 1. The van der Waals surface area contributed by atoms with Crippen molar-refractivity contribution in [3.05, 3.63) is 22.2 Å². The van der Waals surface area contributed by atoms with Crippen molar-refractivity contribution in [1.82, 2.24) is 5.32 Å². The van der Waals surface area contributed by atoms with Crippen LogP contribution in [0.2, 0.25) is 5.02 Å². The average molecular weight is 272 g/mol. The quantitative estimate of drug-likeness (QED) is 0.916. The van der Waals surface area contributed by atoms with Crippen LogP contribution in [-0.2, 0) is 4.74 Å². The summed E-state index contributed by atoms with van der Waals surface area (Å²) in [5, 5.41) is 3.85. The first kappa shape index (κ1) is 13.5. The number of halogens is 1. The molecule has 0 radical (unpaired) electrons. The van der Waals surface area contributed by atoms with E-state index in [0.717, 1.165) is 24.2 Å². The molecule has 0 bridgehead atoms. The maximum absolute atomic E-state index is 6.22. The molecule has 100 valence electrons. The number of rotatable bonds is 3. The number of morpholine rings is 1. The lowest BCUT2D eigenvalue weighted by molar-refractivity contribution is 0.0271. The van der Waals surface area contributed by atoms with Gasteiger partial charge in [0.1, 0.15) is 0 Å². The third kappa shape index (κ3) is 2.41. The Balaban J connectivity index is 2.44. The molecule has 1 aromatic carbocycles. The summed E-state index contributed by atoms with van der Waals surface area (Å²) in [6, 6.07) is 1.90. The maximum Gasteiger partial charge on any atom is 0.179 e. The molecule has 0 spiro atoms. The van der Waals surface area contributed by atoms with Crippen LogP contribution in [0, 0.1) is 6.92 Å². The summed E-state index contributed by atoms with van der Waals surface area (Å²) >= 11 is 6.22. The van der Waals surface area contributed by atoms with Gasteiger partial charge in [0.25, 0.3) is 0 Å². The molecule has 0 aromatic heterocycles. The summed E-state index contributed by atoms with van der Waals surface area (Å²) in [6.07, 6.45) is 0.0102. The second kappa shape index (κ2) is 5.78. The van der Waals surface area contributed by atoms with E-state index in [2.05, 4.69) is 5.32 Å². The first-order valence-electron chi connectivity index (χ1n) is 5.92. The summed E-state index contributed by atoms with van der Waals surface area (Å²) < 4.78 is 16.4. The average Bonchev–Trinajstić information content (AvgIpc) is 2.41. The standard InChI is InChI=1S/C13H18ClNO3/c1-8-9(11-7-15-4-5-18-11)6-10(14)13(17-3)12(8)16-2/h6,11,15H,4-5,7H2,1-3H3. The van der Waals surface area contributed by atoms with Crippen molar-refractivity contribution < 1.29 is 14.2 Å². The zero-order valence-electron chi connectivity index (χ0n) is 10.9. The van der Waals surface area contributed by atoms with E-state index in [0.29, 0.717) is 23.1 Å². The van der Waals surface area contributed by atoms with Gasteiger partial charge in [-0.2, -0.15) is 0 Å². The van der Waals surface area contributed by atoms with Crippen LogP contribution in [0.3, 0.4) is 0 Å². The van der Waals surface area contributed by atoms with E-state index in [-0.39, 0.29) is 6.10 Å². The minimum absolute atomic E-state index is 0.0102. The zero-order valence-corrected chi connectivity index (χ0v) is 11.6. The van der Waals surface area contributed by atoms with E-state index >= 15 is 0 Å². The Labute approximate surface area is 112 Å². The van der Waals surface area contributed by atoms with Gasteiger partial charge in [0.15, 0.2) is 11.5 Å². The first-order chi connectivity index (χ1) is 8.69. The number of methoxy groups -OCH3 is 2. The highest BCUT2D eigenvalue weighted by molar-refractivity contribution is 6.32. The van der Waals surface area contributed by atoms with Gasteiger partial charge in [-0.05, 0) is 18.6 Å². The lowest BCUT2D eigenvalue weighted by Gasteiger charge is -2.26. The summed E-state index contributed by atoms with van der Waals surface area (Å²) in [5.74, 6) is 1.25. The molecule has 1 saturated heterocycles. The van der Waals surface area contributed by atoms with Crippen molar-refractivity contribution in [3.8, 4) is 11.5 Å². The topological polar surface area (TPSA) is 39.7 Å². The molecule has 5 heteroatoms. The fourth-order valence-electron chi connectivity index (χ4n) is 2.26. The fraction of sp³-hybridized carbons (Fsp3) is 0.538. The molecule has 1 aliphatic rings. The number of hydrogen-bond donors (Lipinski definition) is 1. The molecule has 18 heavy (non-hydrogen) atoms. The minimum atomic E-state index is 0.0102. The van der Waals surface area contributed by atoms with Gasteiger partial charge in [-0.3, -0.25) is 0 Å². The summed E-state index contributed by atoms with van der Waals surface area (Å²) in [5.41, 5.74) is 2.05. The molecule has 2 rings (SSSR count). The van der Waals surface area contributed by atoms with E-state index in [1.54, 1.807) is 14.2 Å². The van der Waals surface area contributed by atoms with Crippen molar-refractivity contribution in [2.45, 2.75) is 13.0 Å². The van der Waals surface area contributed by atoms with Crippen molar-refractivity contribution in [2.24, 2.45) is 0 Å². The minimum Gasteiger partial charge on any atom is -0.493 e. The van der Waals surface area contributed by atoms with Gasteiger partial charge < -0.3 is 19.5 Å². The normalized spacial score (nSPS) is 19.7. The van der Waals surface area contributed by atoms with Gasteiger partial charge >= 0.3 is 0 Å². The maximum atomic E-state index is 6.22. The van der Waals surface area contributed by atoms with E-state index in [9.17, 15) is 0 Å². The molecular weight excluding hydrogens is 254 g/mol. The van der Waals surface area contributed by atoms with Gasteiger partial charge in [-0.25, -0.2) is 0 Å². The van der Waals surface area contributed by atoms with E-state index in [1.807, 2.05) is 13.0 Å². The smallest absolute Gasteiger partial charge is 0.179 e. The van der Waals surface area contributed by atoms with Gasteiger partial charge in [0.2, 0.25) is 0 Å². The summed E-state index contributed by atoms with van der Waals surface area (Å²) in [4.78, 5) is 0. The SMILES string of the molecule is COc1c(Cl)cc(C2CNCCO2)c(C)c1OC. The van der Waals surface area contributed by atoms with E-state index in [1.165, 1.54) is 0 Å². The molecular formula is C13H18ClNO3. The van der Waals surface area contributed by atoms with Crippen LogP contribution in [0.5, 0.6) is 11.5 Å². The molecule has 1 fully saturated rings. The Hall–Kier alpha value is -0.970. The highest BCUT2D eigenvalue weighted by Crippen LogP contribution is 2.42. The third-order valence-corrected chi connectivity index (χ3v) is 3.44. The van der Waals surface area contributed by atoms with Crippen LogP contribution in [0.1, 0.15) is 17.2 Å². The van der Waals surface area contributed by atoms with Crippen molar-refractivity contribution in [3.63, 3.8) is 0 Å². The third-order valence-electron chi connectivity index (χ3n) is 3.16. The highest BCUT2D eigenvalue weighted by atomic mass is 35.5. The molecule has 4 nitrogen and oxygen atoms in total. The lowest BCUT2D eigenvalue weighted by Crippen LogP contribution is -2.33. The van der Waals surface area contributed by atoms with Crippen molar-refractivity contribution in [2.75, 3.05) is 33.9 Å².